The number of amides is 1. The third kappa shape index (κ3) is 5.15. The summed E-state index contributed by atoms with van der Waals surface area (Å²) in [5.74, 6) is 0.270. The average Bonchev–Trinajstić information content (AvgIpc) is 2.85. The molecule has 8 nitrogen and oxygen atoms in total. The van der Waals surface area contributed by atoms with Crippen molar-refractivity contribution in [2.24, 2.45) is 0 Å². The average molecular weight is 434 g/mol. The second-order valence-electron chi connectivity index (χ2n) is 7.74. The molecule has 0 spiro atoms. The van der Waals surface area contributed by atoms with E-state index in [2.05, 4.69) is 25.5 Å². The van der Waals surface area contributed by atoms with Gasteiger partial charge in [-0.05, 0) is 61.7 Å². The van der Waals surface area contributed by atoms with Gasteiger partial charge >= 0.3 is 0 Å². The van der Waals surface area contributed by atoms with Gasteiger partial charge in [0, 0.05) is 42.6 Å². The van der Waals surface area contributed by atoms with Crippen LogP contribution in [0.2, 0.25) is 0 Å². The number of anilines is 3. The van der Waals surface area contributed by atoms with Crippen molar-refractivity contribution in [2.45, 2.75) is 19.3 Å². The lowest BCUT2D eigenvalue weighted by atomic mass is 10.1. The van der Waals surface area contributed by atoms with Crippen LogP contribution >= 0.6 is 0 Å². The van der Waals surface area contributed by atoms with Crippen molar-refractivity contribution in [3.8, 4) is 11.3 Å². The van der Waals surface area contributed by atoms with Crippen LogP contribution in [-0.4, -0.2) is 47.2 Å². The van der Waals surface area contributed by atoms with Crippen molar-refractivity contribution in [2.75, 3.05) is 41.8 Å². The van der Waals surface area contributed by atoms with Crippen LogP contribution in [0.1, 0.15) is 29.6 Å². The highest BCUT2D eigenvalue weighted by Gasteiger charge is 2.14. The molecule has 1 amide bonds. The number of aliphatic hydroxyl groups excluding tert-OH is 1. The third-order valence-electron chi connectivity index (χ3n) is 5.46. The highest BCUT2D eigenvalue weighted by molar-refractivity contribution is 6.04. The summed E-state index contributed by atoms with van der Waals surface area (Å²) in [4.78, 5) is 34.5. The van der Waals surface area contributed by atoms with Gasteiger partial charge in [-0.25, -0.2) is 4.98 Å². The number of carbonyl (C=O) groups excluding carboxylic acids is 1. The maximum Gasteiger partial charge on any atom is 0.271 e. The van der Waals surface area contributed by atoms with E-state index in [0.717, 1.165) is 18.8 Å². The molecule has 0 bridgehead atoms. The lowest BCUT2D eigenvalue weighted by Gasteiger charge is -2.28. The summed E-state index contributed by atoms with van der Waals surface area (Å²) in [5.41, 5.74) is 2.66. The van der Waals surface area contributed by atoms with E-state index < -0.39 is 0 Å². The van der Waals surface area contributed by atoms with Gasteiger partial charge in [-0.15, -0.1) is 0 Å². The molecular formula is C24H27N5O3. The van der Waals surface area contributed by atoms with Gasteiger partial charge in [0.25, 0.3) is 11.5 Å². The number of aromatic nitrogens is 2. The molecule has 4 N–H and O–H groups in total. The van der Waals surface area contributed by atoms with Crippen LogP contribution in [0.4, 0.5) is 17.2 Å². The maximum atomic E-state index is 12.7. The van der Waals surface area contributed by atoms with Gasteiger partial charge in [0.1, 0.15) is 11.5 Å². The second kappa shape index (κ2) is 10.1. The van der Waals surface area contributed by atoms with Crippen LogP contribution in [0, 0.1) is 0 Å². The summed E-state index contributed by atoms with van der Waals surface area (Å²) in [6.45, 7) is 2.47. The molecule has 0 radical (unpaired) electrons. The van der Waals surface area contributed by atoms with Crippen LogP contribution in [0.3, 0.4) is 0 Å². The Hall–Kier alpha value is -3.65. The summed E-state index contributed by atoms with van der Waals surface area (Å²) < 4.78 is 0. The molecule has 4 rings (SSSR count). The van der Waals surface area contributed by atoms with Crippen molar-refractivity contribution >= 4 is 23.1 Å². The monoisotopic (exact) mass is 433 g/mol. The van der Waals surface area contributed by atoms with E-state index in [-0.39, 0.29) is 23.8 Å². The van der Waals surface area contributed by atoms with E-state index >= 15 is 0 Å². The van der Waals surface area contributed by atoms with Gasteiger partial charge in [-0.3, -0.25) is 9.59 Å². The Kier molecular flexibility index (Phi) is 6.81. The molecule has 3 heterocycles. The second-order valence-corrected chi connectivity index (χ2v) is 7.74. The van der Waals surface area contributed by atoms with E-state index in [1.165, 1.54) is 19.3 Å². The number of benzene rings is 1. The fourth-order valence-electron chi connectivity index (χ4n) is 3.77. The summed E-state index contributed by atoms with van der Waals surface area (Å²) in [7, 11) is 0. The molecule has 1 saturated heterocycles. The predicted octanol–water partition coefficient (Wildman–Crippen LogP) is 3.08. The van der Waals surface area contributed by atoms with Crippen molar-refractivity contribution in [1.29, 1.82) is 0 Å². The quantitative estimate of drug-likeness (QED) is 0.456. The maximum absolute atomic E-state index is 12.7. The third-order valence-corrected chi connectivity index (χ3v) is 5.46. The van der Waals surface area contributed by atoms with E-state index in [1.807, 2.05) is 24.3 Å². The van der Waals surface area contributed by atoms with Crippen molar-refractivity contribution in [1.82, 2.24) is 9.97 Å². The van der Waals surface area contributed by atoms with Crippen molar-refractivity contribution < 1.29 is 9.90 Å². The first-order valence-corrected chi connectivity index (χ1v) is 10.9. The van der Waals surface area contributed by atoms with Crippen LogP contribution in [0.15, 0.2) is 59.5 Å². The summed E-state index contributed by atoms with van der Waals surface area (Å²) >= 11 is 0. The highest BCUT2D eigenvalue weighted by atomic mass is 16.3. The predicted molar refractivity (Wildman–Crippen MR) is 126 cm³/mol. The summed E-state index contributed by atoms with van der Waals surface area (Å²) in [5, 5.41) is 14.7. The molecule has 166 valence electrons. The lowest BCUT2D eigenvalue weighted by molar-refractivity contribution is 0.102. The Bertz CT molecular complexity index is 1120. The van der Waals surface area contributed by atoms with Crippen molar-refractivity contribution in [3.05, 3.63) is 70.6 Å². The molecule has 8 heteroatoms. The number of hydrogen-bond donors (Lipinski definition) is 4. The van der Waals surface area contributed by atoms with Gasteiger partial charge in [0.15, 0.2) is 0 Å². The van der Waals surface area contributed by atoms with Gasteiger partial charge < -0.3 is 25.6 Å². The van der Waals surface area contributed by atoms with Crippen LogP contribution in [0.25, 0.3) is 11.3 Å². The first kappa shape index (κ1) is 21.6. The zero-order chi connectivity index (χ0) is 22.3. The van der Waals surface area contributed by atoms with E-state index in [0.29, 0.717) is 29.2 Å². The number of carbonyl (C=O) groups is 1. The zero-order valence-electron chi connectivity index (χ0n) is 17.8. The fourth-order valence-corrected chi connectivity index (χ4v) is 3.77. The normalized spacial score (nSPS) is 13.6. The number of rotatable bonds is 7. The van der Waals surface area contributed by atoms with Crippen LogP contribution < -0.4 is 21.1 Å². The summed E-state index contributed by atoms with van der Waals surface area (Å²) in [6.07, 6.45) is 5.21. The minimum atomic E-state index is -0.387. The molecule has 1 fully saturated rings. The number of aliphatic hydroxyl groups is 1. The van der Waals surface area contributed by atoms with E-state index in [1.54, 1.807) is 30.5 Å². The molecule has 1 aliphatic rings. The van der Waals surface area contributed by atoms with E-state index in [9.17, 15) is 9.59 Å². The number of pyridine rings is 2. The Morgan fingerprint density at radius 3 is 2.62 bits per heavy atom. The highest BCUT2D eigenvalue weighted by Crippen LogP contribution is 2.22. The number of hydrogen-bond acceptors (Lipinski definition) is 6. The van der Waals surface area contributed by atoms with Gasteiger partial charge in [0.2, 0.25) is 0 Å². The minimum absolute atomic E-state index is 0.000244. The Labute approximate surface area is 186 Å². The fraction of sp³-hybridized carbons (Fsp3) is 0.292. The molecule has 0 atom stereocenters. The Morgan fingerprint density at radius 1 is 1.09 bits per heavy atom. The first-order valence-electron chi connectivity index (χ1n) is 10.9. The smallest absolute Gasteiger partial charge is 0.271 e. The molecule has 0 unspecified atom stereocenters. The number of aromatic amines is 1. The van der Waals surface area contributed by atoms with E-state index in [4.69, 9.17) is 5.11 Å². The van der Waals surface area contributed by atoms with Crippen LogP contribution in [0.5, 0.6) is 0 Å². The topological polar surface area (TPSA) is 110 Å². The molecular weight excluding hydrogens is 406 g/mol. The van der Waals surface area contributed by atoms with Gasteiger partial charge in [-0.1, -0.05) is 6.07 Å². The number of H-pyrrole nitrogens is 1. The van der Waals surface area contributed by atoms with Crippen LogP contribution in [-0.2, 0) is 0 Å². The lowest BCUT2D eigenvalue weighted by Crippen LogP contribution is -2.29. The van der Waals surface area contributed by atoms with Gasteiger partial charge in [-0.2, -0.15) is 0 Å². The Morgan fingerprint density at radius 2 is 1.88 bits per heavy atom. The van der Waals surface area contributed by atoms with Gasteiger partial charge in [0.05, 0.1) is 12.3 Å². The summed E-state index contributed by atoms with van der Waals surface area (Å²) in [6, 6.07) is 14.5. The molecule has 3 aromatic rings. The molecule has 1 aliphatic heterocycles. The largest absolute Gasteiger partial charge is 0.395 e. The van der Waals surface area contributed by atoms with Crippen molar-refractivity contribution in [3.63, 3.8) is 0 Å². The number of nitrogens with one attached hydrogen (secondary N) is 3. The molecule has 2 aromatic heterocycles. The zero-order valence-corrected chi connectivity index (χ0v) is 17.8. The number of nitrogens with zero attached hydrogens (tertiary/aromatic N) is 2. The first-order chi connectivity index (χ1) is 15.6. The molecule has 0 saturated carbocycles. The molecule has 32 heavy (non-hydrogen) atoms. The SMILES string of the molecule is O=C(Nc1cc(-c2cccc(NCCO)n2)c[nH]c1=O)c1ccc(N2CCCCC2)cc1. The minimum Gasteiger partial charge on any atom is -0.395 e. The molecule has 1 aromatic carbocycles. The Balaban J connectivity index is 1.49. The number of piperidine rings is 1. The standard InChI is InChI=1S/C24H27N5O3/c30-14-11-25-22-6-4-5-20(27-22)18-15-21(24(32)26-16-18)28-23(31)17-7-9-19(10-8-17)29-12-2-1-3-13-29/h4-10,15-16,30H,1-3,11-14H2,(H,25,27)(H,26,32)(H,28,31). The molecule has 0 aliphatic carbocycles.